The monoisotopic (exact) mass is 568 g/mol. The highest BCUT2D eigenvalue weighted by molar-refractivity contribution is 9.10. The number of aromatic nitrogens is 1. The first kappa shape index (κ1) is 23.6. The van der Waals surface area contributed by atoms with E-state index in [1.807, 2.05) is 10.3 Å². The van der Waals surface area contributed by atoms with Crippen LogP contribution in [0.1, 0.15) is 42.8 Å². The SMILES string of the molecule is CCOC(=O)C1=C2C[C@@H](NS(=O)(=O)C3CC3)CN2C(c2nccs2)=N[C@H]1c1ccc(F)cc1Br. The smallest absolute Gasteiger partial charge is 0.338 e. The van der Waals surface area contributed by atoms with Crippen LogP contribution in [0.25, 0.3) is 0 Å². The number of thiazole rings is 1. The molecule has 2 fully saturated rings. The van der Waals surface area contributed by atoms with Gasteiger partial charge in [-0.05, 0) is 37.5 Å². The average molecular weight is 569 g/mol. The summed E-state index contributed by atoms with van der Waals surface area (Å²) >= 11 is 4.81. The van der Waals surface area contributed by atoms with Crippen molar-refractivity contribution in [1.29, 1.82) is 0 Å². The number of hydrogen-bond acceptors (Lipinski definition) is 8. The van der Waals surface area contributed by atoms with Crippen LogP contribution >= 0.6 is 27.3 Å². The zero-order chi connectivity index (χ0) is 24.0. The molecule has 0 unspecified atom stereocenters. The summed E-state index contributed by atoms with van der Waals surface area (Å²) in [5.41, 5.74) is 1.57. The number of ether oxygens (including phenoxy) is 1. The van der Waals surface area contributed by atoms with Crippen molar-refractivity contribution in [3.63, 3.8) is 0 Å². The zero-order valence-corrected chi connectivity index (χ0v) is 21.4. The third-order valence-electron chi connectivity index (χ3n) is 5.93. The van der Waals surface area contributed by atoms with E-state index in [0.29, 0.717) is 58.0 Å². The van der Waals surface area contributed by atoms with Crippen molar-refractivity contribution in [2.45, 2.75) is 43.5 Å². The van der Waals surface area contributed by atoms with Crippen molar-refractivity contribution in [3.05, 3.63) is 61.9 Å². The lowest BCUT2D eigenvalue weighted by molar-refractivity contribution is -0.139. The summed E-state index contributed by atoms with van der Waals surface area (Å²) < 4.78 is 47.8. The van der Waals surface area contributed by atoms with E-state index in [2.05, 4.69) is 25.6 Å². The van der Waals surface area contributed by atoms with Gasteiger partial charge in [0.2, 0.25) is 10.0 Å². The molecule has 34 heavy (non-hydrogen) atoms. The lowest BCUT2D eigenvalue weighted by Crippen LogP contribution is -2.40. The predicted molar refractivity (Wildman–Crippen MR) is 129 cm³/mol. The van der Waals surface area contributed by atoms with Gasteiger partial charge in [0.15, 0.2) is 10.8 Å². The number of carbonyl (C=O) groups is 1. The van der Waals surface area contributed by atoms with Crippen LogP contribution < -0.4 is 4.72 Å². The first-order valence-corrected chi connectivity index (χ1v) is 14.1. The fourth-order valence-corrected chi connectivity index (χ4v) is 7.08. The highest BCUT2D eigenvalue weighted by atomic mass is 79.9. The Morgan fingerprint density at radius 1 is 1.38 bits per heavy atom. The molecule has 8 nitrogen and oxygen atoms in total. The normalized spacial score (nSPS) is 22.6. The molecule has 2 aliphatic heterocycles. The second kappa shape index (κ2) is 9.14. The van der Waals surface area contributed by atoms with Crippen molar-refractivity contribution in [2.75, 3.05) is 13.2 Å². The summed E-state index contributed by atoms with van der Waals surface area (Å²) in [4.78, 5) is 24.3. The largest absolute Gasteiger partial charge is 0.463 e. The Morgan fingerprint density at radius 2 is 2.18 bits per heavy atom. The molecule has 1 aromatic heterocycles. The number of fused-ring (bicyclic) bond motifs is 1. The summed E-state index contributed by atoms with van der Waals surface area (Å²) in [6.45, 7) is 2.21. The minimum atomic E-state index is -3.43. The van der Waals surface area contributed by atoms with Crippen LogP contribution in [0.3, 0.4) is 0 Å². The summed E-state index contributed by atoms with van der Waals surface area (Å²) in [7, 11) is -3.43. The second-order valence-corrected chi connectivity index (χ2v) is 12.1. The molecule has 1 aliphatic carbocycles. The molecule has 3 aliphatic rings. The molecule has 0 amide bonds. The summed E-state index contributed by atoms with van der Waals surface area (Å²) in [5.74, 6) is -0.401. The standard InChI is InChI=1S/C22H22BrFN4O4S2/c1-2-32-22(29)18-17-10-13(27-34(30,31)14-4-5-14)11-28(17)20(21-25-7-8-33-21)26-19(18)15-6-3-12(24)9-16(15)23/h3,6-9,13-14,19,27H,2,4-5,10-11H2,1H3/t13-,19+/m1/s1. The van der Waals surface area contributed by atoms with Crippen LogP contribution in [0.4, 0.5) is 4.39 Å². The molecule has 5 rings (SSSR count). The molecule has 1 aromatic carbocycles. The van der Waals surface area contributed by atoms with E-state index in [4.69, 9.17) is 9.73 Å². The van der Waals surface area contributed by atoms with Crippen LogP contribution in [-0.2, 0) is 19.6 Å². The number of amidine groups is 1. The first-order valence-electron chi connectivity index (χ1n) is 10.9. The van der Waals surface area contributed by atoms with Gasteiger partial charge < -0.3 is 9.64 Å². The van der Waals surface area contributed by atoms with Crippen molar-refractivity contribution in [1.82, 2.24) is 14.6 Å². The van der Waals surface area contributed by atoms with E-state index >= 15 is 0 Å². The molecule has 2 aromatic rings. The lowest BCUT2D eigenvalue weighted by atomic mass is 9.94. The third kappa shape index (κ3) is 4.43. The number of sulfonamides is 1. The van der Waals surface area contributed by atoms with Gasteiger partial charge >= 0.3 is 5.97 Å². The minimum absolute atomic E-state index is 0.174. The van der Waals surface area contributed by atoms with Gasteiger partial charge in [0.1, 0.15) is 11.9 Å². The molecular weight excluding hydrogens is 547 g/mol. The molecule has 1 saturated heterocycles. The highest BCUT2D eigenvalue weighted by Crippen LogP contribution is 2.43. The van der Waals surface area contributed by atoms with Gasteiger partial charge in [-0.2, -0.15) is 0 Å². The van der Waals surface area contributed by atoms with E-state index in [1.54, 1.807) is 19.2 Å². The molecule has 1 N–H and O–H groups in total. The number of aliphatic imine (C=N–C) groups is 1. The number of rotatable bonds is 7. The topological polar surface area (TPSA) is 101 Å². The Labute approximate surface area is 209 Å². The van der Waals surface area contributed by atoms with Crippen LogP contribution in [-0.4, -0.2) is 54.6 Å². The van der Waals surface area contributed by atoms with Gasteiger partial charge in [0, 0.05) is 40.8 Å². The Morgan fingerprint density at radius 3 is 2.82 bits per heavy atom. The maximum atomic E-state index is 13.8. The van der Waals surface area contributed by atoms with Crippen molar-refractivity contribution >= 4 is 49.1 Å². The van der Waals surface area contributed by atoms with Crippen LogP contribution in [0.2, 0.25) is 0 Å². The van der Waals surface area contributed by atoms with Gasteiger partial charge in [-0.15, -0.1) is 11.3 Å². The predicted octanol–water partition coefficient (Wildman–Crippen LogP) is 3.52. The number of carbonyl (C=O) groups excluding carboxylic acids is 1. The molecule has 12 heteroatoms. The first-order chi connectivity index (χ1) is 16.3. The fraction of sp³-hybridized carbons (Fsp3) is 0.409. The minimum Gasteiger partial charge on any atom is -0.463 e. The third-order valence-corrected chi connectivity index (χ3v) is 9.40. The average Bonchev–Trinajstić information content (AvgIpc) is 3.36. The number of nitrogens with zero attached hydrogens (tertiary/aromatic N) is 3. The molecule has 2 atom stereocenters. The maximum Gasteiger partial charge on any atom is 0.338 e. The zero-order valence-electron chi connectivity index (χ0n) is 18.2. The lowest BCUT2D eigenvalue weighted by Gasteiger charge is -2.31. The van der Waals surface area contributed by atoms with Crippen molar-refractivity contribution in [3.8, 4) is 0 Å². The van der Waals surface area contributed by atoms with Gasteiger partial charge in [0.25, 0.3) is 0 Å². The Bertz CT molecular complexity index is 1290. The summed E-state index contributed by atoms with van der Waals surface area (Å²) in [5, 5.41) is 2.13. The summed E-state index contributed by atoms with van der Waals surface area (Å²) in [6.07, 6.45) is 3.29. The van der Waals surface area contributed by atoms with E-state index in [-0.39, 0.29) is 11.9 Å². The highest BCUT2D eigenvalue weighted by Gasteiger charge is 2.45. The molecule has 0 spiro atoms. The fourth-order valence-electron chi connectivity index (χ4n) is 4.30. The van der Waals surface area contributed by atoms with Crippen molar-refractivity contribution in [2.24, 2.45) is 4.99 Å². The van der Waals surface area contributed by atoms with Gasteiger partial charge in [-0.25, -0.2) is 27.3 Å². The van der Waals surface area contributed by atoms with Gasteiger partial charge in [0.05, 0.1) is 17.4 Å². The number of esters is 1. The maximum absolute atomic E-state index is 13.8. The number of nitrogens with one attached hydrogen (secondary N) is 1. The molecule has 3 heterocycles. The van der Waals surface area contributed by atoms with Gasteiger partial charge in [-0.1, -0.05) is 22.0 Å². The second-order valence-electron chi connectivity index (χ2n) is 8.31. The molecule has 0 radical (unpaired) electrons. The molecule has 1 saturated carbocycles. The van der Waals surface area contributed by atoms with Crippen LogP contribution in [0.15, 0.2) is 50.5 Å². The molecule has 0 bridgehead atoms. The number of halogens is 2. The summed E-state index contributed by atoms with van der Waals surface area (Å²) in [6, 6.07) is 3.04. The molecule has 180 valence electrons. The van der Waals surface area contributed by atoms with Gasteiger partial charge in [-0.3, -0.25) is 4.99 Å². The Balaban J connectivity index is 1.62. The number of hydrogen-bond donors (Lipinski definition) is 1. The molecular formula is C22H22BrFN4O4S2. The van der Waals surface area contributed by atoms with E-state index in [9.17, 15) is 17.6 Å². The number of benzene rings is 1. The van der Waals surface area contributed by atoms with E-state index < -0.39 is 33.9 Å². The van der Waals surface area contributed by atoms with E-state index in [1.165, 1.54) is 23.5 Å². The Hall–Kier alpha value is -2.15. The van der Waals surface area contributed by atoms with Crippen molar-refractivity contribution < 1.29 is 22.3 Å². The Kier molecular flexibility index (Phi) is 6.34. The van der Waals surface area contributed by atoms with Crippen LogP contribution in [0, 0.1) is 5.82 Å². The van der Waals surface area contributed by atoms with Crippen LogP contribution in [0.5, 0.6) is 0 Å². The quantitative estimate of drug-likeness (QED) is 0.513. The van der Waals surface area contributed by atoms with E-state index in [0.717, 1.165) is 0 Å².